The molecule has 1 atom stereocenters. The molecule has 25 heavy (non-hydrogen) atoms. The van der Waals surface area contributed by atoms with Gasteiger partial charge < -0.3 is 5.32 Å². The third-order valence-corrected chi connectivity index (χ3v) is 4.46. The second-order valence-corrected chi connectivity index (χ2v) is 6.13. The van der Waals surface area contributed by atoms with E-state index in [0.29, 0.717) is 18.1 Å². The number of pyridine rings is 1. The molecule has 0 aromatic carbocycles. The average molecular weight is 338 g/mol. The number of carbonyl (C=O) groups excluding carboxylic acids is 1. The van der Waals surface area contributed by atoms with Crippen LogP contribution in [0.1, 0.15) is 42.0 Å². The second-order valence-electron chi connectivity index (χ2n) is 6.13. The van der Waals surface area contributed by atoms with Gasteiger partial charge in [0, 0.05) is 18.9 Å². The van der Waals surface area contributed by atoms with Crippen LogP contribution in [0.5, 0.6) is 0 Å². The van der Waals surface area contributed by atoms with Crippen molar-refractivity contribution in [2.24, 2.45) is 5.92 Å². The normalized spacial score (nSPS) is 15.2. The Morgan fingerprint density at radius 2 is 2.20 bits per heavy atom. The Balaban J connectivity index is 1.67. The first-order chi connectivity index (χ1) is 12.2. The van der Waals surface area contributed by atoms with Crippen molar-refractivity contribution in [2.45, 2.75) is 32.4 Å². The van der Waals surface area contributed by atoms with Crippen molar-refractivity contribution in [1.82, 2.24) is 29.5 Å². The number of fused-ring (bicyclic) bond motifs is 1. The van der Waals surface area contributed by atoms with Gasteiger partial charge in [-0.2, -0.15) is 5.10 Å². The highest BCUT2D eigenvalue weighted by Crippen LogP contribution is 2.40. The summed E-state index contributed by atoms with van der Waals surface area (Å²) in [6.45, 7) is 2.65. The summed E-state index contributed by atoms with van der Waals surface area (Å²) in [5.41, 5.74) is 0.153. The zero-order valence-corrected chi connectivity index (χ0v) is 13.8. The van der Waals surface area contributed by atoms with E-state index in [1.807, 2.05) is 6.92 Å². The van der Waals surface area contributed by atoms with Crippen molar-refractivity contribution >= 4 is 11.6 Å². The predicted molar refractivity (Wildman–Crippen MR) is 90.1 cm³/mol. The topological polar surface area (TPSA) is 94.2 Å². The summed E-state index contributed by atoms with van der Waals surface area (Å²) in [5.74, 6) is 0.625. The molecule has 0 spiro atoms. The molecule has 3 heterocycles. The van der Waals surface area contributed by atoms with Crippen LogP contribution in [-0.4, -0.2) is 30.1 Å². The first-order valence-corrected chi connectivity index (χ1v) is 8.34. The summed E-state index contributed by atoms with van der Waals surface area (Å²) in [4.78, 5) is 33.8. The van der Waals surface area contributed by atoms with Gasteiger partial charge in [-0.3, -0.25) is 14.0 Å². The molecule has 4 rings (SSSR count). The molecule has 3 aromatic rings. The fourth-order valence-electron chi connectivity index (χ4n) is 2.98. The minimum Gasteiger partial charge on any atom is -0.342 e. The van der Waals surface area contributed by atoms with Crippen molar-refractivity contribution < 1.29 is 4.79 Å². The van der Waals surface area contributed by atoms with E-state index in [4.69, 9.17) is 0 Å². The first-order valence-electron chi connectivity index (χ1n) is 8.34. The Morgan fingerprint density at radius 1 is 1.36 bits per heavy atom. The first kappa shape index (κ1) is 15.5. The summed E-state index contributed by atoms with van der Waals surface area (Å²) in [6.07, 6.45) is 6.48. The molecule has 1 aliphatic rings. The second kappa shape index (κ2) is 6.12. The average Bonchev–Trinajstić information content (AvgIpc) is 3.36. The quantitative estimate of drug-likeness (QED) is 0.754. The van der Waals surface area contributed by atoms with E-state index in [1.54, 1.807) is 29.1 Å². The fraction of sp³-hybridized carbons (Fsp3) is 0.353. The summed E-state index contributed by atoms with van der Waals surface area (Å²) >= 11 is 0. The lowest BCUT2D eigenvalue weighted by Gasteiger charge is -2.18. The molecule has 1 saturated carbocycles. The van der Waals surface area contributed by atoms with Gasteiger partial charge in [-0.25, -0.2) is 14.6 Å². The lowest BCUT2D eigenvalue weighted by Crippen LogP contribution is -2.36. The van der Waals surface area contributed by atoms with Gasteiger partial charge >= 0.3 is 0 Å². The van der Waals surface area contributed by atoms with E-state index in [-0.39, 0.29) is 17.2 Å². The smallest absolute Gasteiger partial charge is 0.270 e. The Bertz CT molecular complexity index is 988. The zero-order chi connectivity index (χ0) is 17.4. The van der Waals surface area contributed by atoms with Crippen LogP contribution < -0.4 is 10.9 Å². The van der Waals surface area contributed by atoms with Crippen LogP contribution in [0.25, 0.3) is 5.65 Å². The molecular weight excluding hydrogens is 320 g/mol. The highest BCUT2D eigenvalue weighted by atomic mass is 16.2. The molecule has 1 fully saturated rings. The molecule has 0 unspecified atom stereocenters. The number of hydrogen-bond donors (Lipinski definition) is 1. The van der Waals surface area contributed by atoms with Gasteiger partial charge in [-0.1, -0.05) is 6.07 Å². The number of aryl methyl sites for hydroxylation is 1. The monoisotopic (exact) mass is 338 g/mol. The number of aromatic nitrogens is 5. The molecule has 0 saturated heterocycles. The van der Waals surface area contributed by atoms with E-state index in [2.05, 4.69) is 20.4 Å². The molecule has 0 aliphatic heterocycles. The van der Waals surface area contributed by atoms with E-state index >= 15 is 0 Å². The molecule has 1 N–H and O–H groups in total. The van der Waals surface area contributed by atoms with E-state index < -0.39 is 5.91 Å². The summed E-state index contributed by atoms with van der Waals surface area (Å²) < 4.78 is 3.14. The number of carbonyl (C=O) groups is 1. The molecule has 8 nitrogen and oxygen atoms in total. The van der Waals surface area contributed by atoms with Gasteiger partial charge in [0.05, 0.1) is 6.04 Å². The van der Waals surface area contributed by atoms with Gasteiger partial charge in [0.25, 0.3) is 11.5 Å². The largest absolute Gasteiger partial charge is 0.342 e. The number of nitrogens with one attached hydrogen (secondary N) is 1. The third-order valence-electron chi connectivity index (χ3n) is 4.46. The Labute approximate surface area is 143 Å². The number of amides is 1. The van der Waals surface area contributed by atoms with Gasteiger partial charge in [0.1, 0.15) is 23.4 Å². The van der Waals surface area contributed by atoms with Gasteiger partial charge in [-0.15, -0.1) is 0 Å². The highest BCUT2D eigenvalue weighted by Gasteiger charge is 2.36. The van der Waals surface area contributed by atoms with Crippen LogP contribution in [0.15, 0.2) is 41.7 Å². The van der Waals surface area contributed by atoms with Gasteiger partial charge in [0.2, 0.25) is 0 Å². The van der Waals surface area contributed by atoms with Gasteiger partial charge in [-0.05, 0) is 37.8 Å². The van der Waals surface area contributed by atoms with Crippen LogP contribution >= 0.6 is 0 Å². The molecule has 8 heteroatoms. The Morgan fingerprint density at radius 3 is 2.96 bits per heavy atom. The Hall–Kier alpha value is -3.03. The maximum absolute atomic E-state index is 12.7. The van der Waals surface area contributed by atoms with Crippen molar-refractivity contribution in [3.8, 4) is 0 Å². The highest BCUT2D eigenvalue weighted by molar-refractivity contribution is 5.94. The molecule has 1 aliphatic carbocycles. The van der Waals surface area contributed by atoms with Crippen LogP contribution in [0, 0.1) is 5.92 Å². The maximum Gasteiger partial charge on any atom is 0.270 e. The molecule has 128 valence electrons. The van der Waals surface area contributed by atoms with Crippen molar-refractivity contribution in [2.75, 3.05) is 0 Å². The van der Waals surface area contributed by atoms with E-state index in [9.17, 15) is 9.59 Å². The van der Waals surface area contributed by atoms with Crippen molar-refractivity contribution in [3.63, 3.8) is 0 Å². The van der Waals surface area contributed by atoms with Crippen molar-refractivity contribution in [3.05, 3.63) is 58.7 Å². The maximum atomic E-state index is 12.7. The van der Waals surface area contributed by atoms with Crippen LogP contribution in [0.3, 0.4) is 0 Å². The lowest BCUT2D eigenvalue weighted by molar-refractivity contribution is 0.0926. The summed E-state index contributed by atoms with van der Waals surface area (Å²) in [5, 5.41) is 7.14. The Kier molecular flexibility index (Phi) is 3.79. The number of nitrogens with zero attached hydrogens (tertiary/aromatic N) is 5. The number of rotatable bonds is 5. The predicted octanol–water partition coefficient (Wildman–Crippen LogP) is 1.19. The molecule has 3 aromatic heterocycles. The van der Waals surface area contributed by atoms with E-state index in [1.165, 1.54) is 16.9 Å². The van der Waals surface area contributed by atoms with E-state index in [0.717, 1.165) is 18.7 Å². The zero-order valence-electron chi connectivity index (χ0n) is 13.8. The minimum absolute atomic E-state index is 0.0249. The fourth-order valence-corrected chi connectivity index (χ4v) is 2.98. The molecule has 0 radical (unpaired) electrons. The summed E-state index contributed by atoms with van der Waals surface area (Å²) in [7, 11) is 0. The SMILES string of the molecule is CCn1ncnc1[C@@H](NC(=O)c1cnc2ccccn2c1=O)C1CC1. The van der Waals surface area contributed by atoms with Crippen molar-refractivity contribution in [1.29, 1.82) is 0 Å². The molecule has 0 bridgehead atoms. The van der Waals surface area contributed by atoms with Gasteiger partial charge in [0.15, 0.2) is 0 Å². The standard InChI is InChI=1S/C17H18N6O2/c1-2-23-15(19-10-20-23)14(11-6-7-11)21-16(24)12-9-18-13-5-3-4-8-22(13)17(12)25/h3-5,8-11,14H,2,6-7H2,1H3,(H,21,24)/t14-/m0/s1. The van der Waals surface area contributed by atoms with Crippen LogP contribution in [0.4, 0.5) is 0 Å². The number of hydrogen-bond acceptors (Lipinski definition) is 5. The van der Waals surface area contributed by atoms with Crippen LogP contribution in [0.2, 0.25) is 0 Å². The van der Waals surface area contributed by atoms with Crippen LogP contribution in [-0.2, 0) is 6.54 Å². The summed E-state index contributed by atoms with van der Waals surface area (Å²) in [6, 6.07) is 5.00. The third kappa shape index (κ3) is 2.79. The minimum atomic E-state index is -0.432. The lowest BCUT2D eigenvalue weighted by atomic mass is 10.1. The molecule has 1 amide bonds. The molecular formula is C17H18N6O2.